The number of carbonyl (C=O) groups excluding carboxylic acids is 1. The van der Waals surface area contributed by atoms with E-state index in [4.69, 9.17) is 9.47 Å². The average molecular weight is 350 g/mol. The molecule has 7 nitrogen and oxygen atoms in total. The Kier molecular flexibility index (Phi) is 4.59. The fraction of sp³-hybridized carbons (Fsp3) is 0.263. The monoisotopic (exact) mass is 350 g/mol. The van der Waals surface area contributed by atoms with Gasteiger partial charge in [-0.3, -0.25) is 0 Å². The Morgan fingerprint density at radius 2 is 2.00 bits per heavy atom. The van der Waals surface area contributed by atoms with Gasteiger partial charge >= 0.3 is 5.97 Å². The summed E-state index contributed by atoms with van der Waals surface area (Å²) in [5.41, 5.74) is 0.379. The summed E-state index contributed by atoms with van der Waals surface area (Å²) in [6.45, 7) is 0.975. The SMILES string of the molecule is O=C(OCc1nnc2n1CCCC2)c1ccnc(Oc2ccccc2)c1. The van der Waals surface area contributed by atoms with Crippen LogP contribution in [-0.4, -0.2) is 25.7 Å². The average Bonchev–Trinajstić information content (AvgIpc) is 3.10. The fourth-order valence-corrected chi connectivity index (χ4v) is 2.89. The van der Waals surface area contributed by atoms with E-state index in [2.05, 4.69) is 15.2 Å². The van der Waals surface area contributed by atoms with E-state index in [-0.39, 0.29) is 6.61 Å². The molecule has 7 heteroatoms. The molecule has 0 saturated heterocycles. The Morgan fingerprint density at radius 1 is 1.12 bits per heavy atom. The van der Waals surface area contributed by atoms with Gasteiger partial charge in [-0.2, -0.15) is 0 Å². The van der Waals surface area contributed by atoms with E-state index in [1.54, 1.807) is 12.1 Å². The molecule has 0 radical (unpaired) electrons. The Morgan fingerprint density at radius 3 is 2.88 bits per heavy atom. The molecule has 0 N–H and O–H groups in total. The lowest BCUT2D eigenvalue weighted by molar-refractivity contribution is 0.0456. The molecule has 0 saturated carbocycles. The molecule has 1 aromatic carbocycles. The smallest absolute Gasteiger partial charge is 0.338 e. The number of rotatable bonds is 5. The lowest BCUT2D eigenvalue weighted by Gasteiger charge is -2.14. The summed E-state index contributed by atoms with van der Waals surface area (Å²) in [5.74, 6) is 2.19. The molecule has 0 spiro atoms. The van der Waals surface area contributed by atoms with Gasteiger partial charge in [0.05, 0.1) is 5.56 Å². The van der Waals surface area contributed by atoms with E-state index in [1.165, 1.54) is 6.20 Å². The minimum Gasteiger partial charge on any atom is -0.454 e. The minimum atomic E-state index is -0.446. The Hall–Kier alpha value is -3.22. The van der Waals surface area contributed by atoms with E-state index in [0.29, 0.717) is 23.0 Å². The van der Waals surface area contributed by atoms with Crippen molar-refractivity contribution in [3.05, 3.63) is 65.9 Å². The van der Waals surface area contributed by atoms with Gasteiger partial charge in [0.25, 0.3) is 0 Å². The first-order valence-corrected chi connectivity index (χ1v) is 8.56. The van der Waals surface area contributed by atoms with Crippen LogP contribution in [0.4, 0.5) is 0 Å². The van der Waals surface area contributed by atoms with Crippen molar-refractivity contribution >= 4 is 5.97 Å². The molecule has 3 heterocycles. The number of benzene rings is 1. The van der Waals surface area contributed by atoms with Crippen LogP contribution in [-0.2, 0) is 24.3 Å². The molecule has 4 rings (SSSR count). The van der Waals surface area contributed by atoms with Crippen LogP contribution in [0.25, 0.3) is 0 Å². The van der Waals surface area contributed by atoms with Crippen LogP contribution in [0.2, 0.25) is 0 Å². The number of fused-ring (bicyclic) bond motifs is 1. The number of carbonyl (C=O) groups is 1. The summed E-state index contributed by atoms with van der Waals surface area (Å²) < 4.78 is 13.1. The Balaban J connectivity index is 1.42. The first-order valence-electron chi connectivity index (χ1n) is 8.56. The second-order valence-electron chi connectivity index (χ2n) is 6.02. The molecule has 3 aromatic rings. The zero-order valence-corrected chi connectivity index (χ0v) is 14.2. The molecule has 132 valence electrons. The minimum absolute atomic E-state index is 0.100. The zero-order chi connectivity index (χ0) is 17.8. The highest BCUT2D eigenvalue weighted by Crippen LogP contribution is 2.20. The van der Waals surface area contributed by atoms with Crippen molar-refractivity contribution in [1.82, 2.24) is 19.7 Å². The molecule has 0 unspecified atom stereocenters. The van der Waals surface area contributed by atoms with Crippen molar-refractivity contribution in [3.8, 4) is 11.6 Å². The molecule has 0 fully saturated rings. The number of ether oxygens (including phenoxy) is 2. The van der Waals surface area contributed by atoms with Gasteiger partial charge in [-0.1, -0.05) is 18.2 Å². The van der Waals surface area contributed by atoms with E-state index in [0.717, 1.165) is 31.6 Å². The number of aryl methyl sites for hydroxylation is 1. The van der Waals surface area contributed by atoms with Crippen LogP contribution in [0.15, 0.2) is 48.7 Å². The third-order valence-corrected chi connectivity index (χ3v) is 4.20. The maximum Gasteiger partial charge on any atom is 0.338 e. The summed E-state index contributed by atoms with van der Waals surface area (Å²) in [6.07, 6.45) is 4.66. The molecule has 1 aliphatic rings. The van der Waals surface area contributed by atoms with E-state index < -0.39 is 5.97 Å². The molecule has 0 aliphatic carbocycles. The van der Waals surface area contributed by atoms with E-state index >= 15 is 0 Å². The van der Waals surface area contributed by atoms with Gasteiger partial charge in [-0.15, -0.1) is 10.2 Å². The molecule has 0 bridgehead atoms. The van der Waals surface area contributed by atoms with Crippen LogP contribution in [0.5, 0.6) is 11.6 Å². The summed E-state index contributed by atoms with van der Waals surface area (Å²) in [7, 11) is 0. The third-order valence-electron chi connectivity index (χ3n) is 4.20. The molecule has 1 aliphatic heterocycles. The lowest BCUT2D eigenvalue weighted by atomic mass is 10.2. The van der Waals surface area contributed by atoms with Crippen molar-refractivity contribution in [2.75, 3.05) is 0 Å². The Labute approximate surface area is 150 Å². The molecule has 2 aromatic heterocycles. The summed E-state index contributed by atoms with van der Waals surface area (Å²) in [5, 5.41) is 8.30. The van der Waals surface area contributed by atoms with Crippen molar-refractivity contribution in [3.63, 3.8) is 0 Å². The molecule has 26 heavy (non-hydrogen) atoms. The second-order valence-corrected chi connectivity index (χ2v) is 6.02. The largest absolute Gasteiger partial charge is 0.454 e. The predicted octanol–water partition coefficient (Wildman–Crippen LogP) is 3.16. The number of hydrogen-bond acceptors (Lipinski definition) is 6. The van der Waals surface area contributed by atoms with Crippen molar-refractivity contribution in [1.29, 1.82) is 0 Å². The first-order chi connectivity index (χ1) is 12.8. The molecular weight excluding hydrogens is 332 g/mol. The zero-order valence-electron chi connectivity index (χ0n) is 14.2. The highest BCUT2D eigenvalue weighted by Gasteiger charge is 2.17. The maximum absolute atomic E-state index is 12.3. The lowest BCUT2D eigenvalue weighted by Crippen LogP contribution is -2.15. The third kappa shape index (κ3) is 3.56. The summed E-state index contributed by atoms with van der Waals surface area (Å²) >= 11 is 0. The van der Waals surface area contributed by atoms with Gasteiger partial charge in [-0.25, -0.2) is 9.78 Å². The van der Waals surface area contributed by atoms with Gasteiger partial charge in [0, 0.05) is 25.2 Å². The van der Waals surface area contributed by atoms with Crippen LogP contribution >= 0.6 is 0 Å². The summed E-state index contributed by atoms with van der Waals surface area (Å²) in [4.78, 5) is 16.5. The van der Waals surface area contributed by atoms with Crippen LogP contribution < -0.4 is 4.74 Å². The van der Waals surface area contributed by atoms with Crippen LogP contribution in [0.1, 0.15) is 34.8 Å². The van der Waals surface area contributed by atoms with Gasteiger partial charge < -0.3 is 14.0 Å². The highest BCUT2D eigenvalue weighted by molar-refractivity contribution is 5.89. The van der Waals surface area contributed by atoms with Crippen LogP contribution in [0.3, 0.4) is 0 Å². The van der Waals surface area contributed by atoms with Gasteiger partial charge in [0.1, 0.15) is 11.6 Å². The van der Waals surface area contributed by atoms with E-state index in [9.17, 15) is 4.79 Å². The van der Waals surface area contributed by atoms with Crippen molar-refractivity contribution < 1.29 is 14.3 Å². The topological polar surface area (TPSA) is 79.1 Å². The molecule has 0 atom stereocenters. The number of esters is 1. The van der Waals surface area contributed by atoms with Gasteiger partial charge in [-0.05, 0) is 31.0 Å². The number of pyridine rings is 1. The number of aromatic nitrogens is 4. The quantitative estimate of drug-likeness (QED) is 0.658. The normalized spacial score (nSPS) is 13.1. The first kappa shape index (κ1) is 16.3. The second kappa shape index (κ2) is 7.35. The standard InChI is InChI=1S/C19H18N4O3/c24-19(25-13-17-22-21-16-8-4-5-11-23(16)17)14-9-10-20-18(12-14)26-15-6-2-1-3-7-15/h1-3,6-7,9-10,12H,4-5,8,11,13H2. The Bertz CT molecular complexity index is 908. The number of hydrogen-bond donors (Lipinski definition) is 0. The molecular formula is C19H18N4O3. The molecule has 0 amide bonds. The summed E-state index contributed by atoms with van der Waals surface area (Å²) in [6, 6.07) is 12.4. The van der Waals surface area contributed by atoms with Crippen LogP contribution in [0, 0.1) is 0 Å². The predicted molar refractivity (Wildman–Crippen MR) is 92.8 cm³/mol. The number of para-hydroxylation sites is 1. The van der Waals surface area contributed by atoms with Gasteiger partial charge in [0.2, 0.25) is 5.88 Å². The van der Waals surface area contributed by atoms with Gasteiger partial charge in [0.15, 0.2) is 12.4 Å². The van der Waals surface area contributed by atoms with Crippen molar-refractivity contribution in [2.24, 2.45) is 0 Å². The number of nitrogens with zero attached hydrogens (tertiary/aromatic N) is 4. The van der Waals surface area contributed by atoms with E-state index in [1.807, 2.05) is 34.9 Å². The maximum atomic E-state index is 12.3. The highest BCUT2D eigenvalue weighted by atomic mass is 16.5. The van der Waals surface area contributed by atoms with Crippen molar-refractivity contribution in [2.45, 2.75) is 32.4 Å². The fourth-order valence-electron chi connectivity index (χ4n) is 2.89.